The van der Waals surface area contributed by atoms with Crippen LogP contribution in [0.15, 0.2) is 12.7 Å². The summed E-state index contributed by atoms with van der Waals surface area (Å²) in [4.78, 5) is 34.6. The first-order valence-electron chi connectivity index (χ1n) is 10.2. The molecule has 0 saturated carbocycles. The van der Waals surface area contributed by atoms with Crippen LogP contribution in [0.5, 0.6) is 0 Å². The van der Waals surface area contributed by atoms with Gasteiger partial charge in [-0.1, -0.05) is 23.5 Å². The zero-order valence-corrected chi connectivity index (χ0v) is 20.8. The normalized spacial score (nSPS) is 18.7. The Kier molecular flexibility index (Phi) is 9.68. The van der Waals surface area contributed by atoms with Crippen LogP contribution in [0.2, 0.25) is 0 Å². The van der Waals surface area contributed by atoms with E-state index < -0.39 is 7.82 Å². The maximum absolute atomic E-state index is 13.0. The lowest BCUT2D eigenvalue weighted by Gasteiger charge is -2.20. The molecule has 2 aromatic heterocycles. The maximum atomic E-state index is 13.0. The van der Waals surface area contributed by atoms with E-state index >= 15 is 0 Å². The minimum atomic E-state index is -3.90. The van der Waals surface area contributed by atoms with Crippen molar-refractivity contribution in [2.45, 2.75) is 39.0 Å². The summed E-state index contributed by atoms with van der Waals surface area (Å²) in [5, 5.41) is -0.143. The number of phosphoric acid groups is 1. The highest BCUT2D eigenvalue weighted by molar-refractivity contribution is 8.13. The fourth-order valence-electron chi connectivity index (χ4n) is 3.05. The third-order valence-electron chi connectivity index (χ3n) is 4.48. The molecule has 1 aliphatic rings. The maximum Gasteiger partial charge on any atom is 0.474 e. The number of thioether (sulfide) groups is 2. The Morgan fingerprint density at radius 1 is 1.12 bits per heavy atom. The molecule has 0 spiro atoms. The topological polar surface area (TPSA) is 158 Å². The van der Waals surface area contributed by atoms with Gasteiger partial charge in [0.05, 0.1) is 32.3 Å². The van der Waals surface area contributed by atoms with Gasteiger partial charge in [-0.3, -0.25) is 27.7 Å². The minimum Gasteiger partial charge on any atom is -0.382 e. The predicted octanol–water partition coefficient (Wildman–Crippen LogP) is 2.80. The monoisotopic (exact) mass is 519 g/mol. The standard InChI is InChI=1S/C18H26N5O7PS2/c1-12(24)32-7-5-27-31(26,28-6-8-33-13(2)25)29-9-14-3-4-15(30-14)23-11-22-16-17(19)20-10-21-18(16)23/h10-11,14-15H,3-9H2,1-2H3,(H2,19,20,21)/t14-,15+/m0/s1. The molecule has 1 fully saturated rings. The Balaban J connectivity index is 1.55. The van der Waals surface area contributed by atoms with Gasteiger partial charge in [-0.25, -0.2) is 19.5 Å². The van der Waals surface area contributed by atoms with E-state index in [-0.39, 0.29) is 48.2 Å². The number of nitrogens with two attached hydrogens (primary N) is 1. The van der Waals surface area contributed by atoms with Crippen molar-refractivity contribution in [2.24, 2.45) is 0 Å². The molecule has 12 nitrogen and oxygen atoms in total. The summed E-state index contributed by atoms with van der Waals surface area (Å²) in [6, 6.07) is 0. The summed E-state index contributed by atoms with van der Waals surface area (Å²) in [7, 11) is -3.90. The van der Waals surface area contributed by atoms with Gasteiger partial charge in [-0.15, -0.1) is 0 Å². The highest BCUT2D eigenvalue weighted by atomic mass is 32.2. The van der Waals surface area contributed by atoms with Crippen LogP contribution in [0.3, 0.4) is 0 Å². The second kappa shape index (κ2) is 12.2. The molecule has 1 aliphatic heterocycles. The van der Waals surface area contributed by atoms with Crippen LogP contribution < -0.4 is 5.73 Å². The molecule has 2 atom stereocenters. The van der Waals surface area contributed by atoms with Crippen molar-refractivity contribution in [1.82, 2.24) is 19.5 Å². The van der Waals surface area contributed by atoms with E-state index in [2.05, 4.69) is 15.0 Å². The highest BCUT2D eigenvalue weighted by Crippen LogP contribution is 2.50. The number of rotatable bonds is 12. The Hall–Kier alpha value is -1.54. The number of aromatic nitrogens is 4. The molecule has 0 aliphatic carbocycles. The van der Waals surface area contributed by atoms with Gasteiger partial charge < -0.3 is 10.5 Å². The number of fused-ring (bicyclic) bond motifs is 1. The van der Waals surface area contributed by atoms with Gasteiger partial charge >= 0.3 is 7.82 Å². The highest BCUT2D eigenvalue weighted by Gasteiger charge is 2.33. The molecule has 2 N–H and O–H groups in total. The number of hydrogen-bond donors (Lipinski definition) is 1. The number of imidazole rings is 1. The zero-order valence-electron chi connectivity index (χ0n) is 18.2. The third-order valence-corrected chi connectivity index (χ3v) is 7.49. The number of anilines is 1. The van der Waals surface area contributed by atoms with Gasteiger partial charge in [0.1, 0.15) is 18.1 Å². The molecular weight excluding hydrogens is 493 g/mol. The van der Waals surface area contributed by atoms with Crippen molar-refractivity contribution >= 4 is 58.6 Å². The summed E-state index contributed by atoms with van der Waals surface area (Å²) in [5.74, 6) is 0.918. The van der Waals surface area contributed by atoms with Crippen molar-refractivity contribution in [3.05, 3.63) is 12.7 Å². The Labute approximate surface area is 199 Å². The van der Waals surface area contributed by atoms with Gasteiger partial charge in [0.2, 0.25) is 0 Å². The van der Waals surface area contributed by atoms with E-state index in [1.807, 2.05) is 0 Å². The third kappa shape index (κ3) is 7.74. The van der Waals surface area contributed by atoms with Crippen LogP contribution in [0.25, 0.3) is 11.2 Å². The molecule has 1 saturated heterocycles. The van der Waals surface area contributed by atoms with Crippen LogP contribution in [0.4, 0.5) is 5.82 Å². The summed E-state index contributed by atoms with van der Waals surface area (Å²) in [6.07, 6.45) is 3.58. The lowest BCUT2D eigenvalue weighted by molar-refractivity contribution is -0.109. The van der Waals surface area contributed by atoms with Crippen molar-refractivity contribution in [2.75, 3.05) is 37.1 Å². The van der Waals surface area contributed by atoms with Crippen LogP contribution in [0.1, 0.15) is 32.9 Å². The molecule has 2 aromatic rings. The summed E-state index contributed by atoms with van der Waals surface area (Å²) < 4.78 is 37.1. The first-order valence-corrected chi connectivity index (χ1v) is 13.6. The first-order chi connectivity index (χ1) is 15.8. The van der Waals surface area contributed by atoms with Crippen molar-refractivity contribution in [3.8, 4) is 0 Å². The number of nitrogen functional groups attached to an aromatic ring is 1. The fraction of sp³-hybridized carbons (Fsp3) is 0.611. The molecular formula is C18H26N5O7PS2. The second-order valence-corrected chi connectivity index (χ2v) is 11.2. The minimum absolute atomic E-state index is 0.0116. The fourth-order valence-corrected chi connectivity index (χ4v) is 5.41. The van der Waals surface area contributed by atoms with Gasteiger partial charge in [0.15, 0.2) is 21.7 Å². The van der Waals surface area contributed by atoms with Crippen molar-refractivity contribution in [3.63, 3.8) is 0 Å². The second-order valence-electron chi connectivity index (χ2n) is 6.96. The van der Waals surface area contributed by atoms with Gasteiger partial charge in [0.25, 0.3) is 0 Å². The van der Waals surface area contributed by atoms with Gasteiger partial charge in [-0.2, -0.15) is 0 Å². The molecule has 0 radical (unpaired) electrons. The number of ether oxygens (including phenoxy) is 1. The molecule has 0 unspecified atom stereocenters. The molecule has 0 amide bonds. The molecule has 0 aromatic carbocycles. The van der Waals surface area contributed by atoms with Crippen LogP contribution >= 0.6 is 31.3 Å². The Bertz CT molecular complexity index is 997. The molecule has 33 heavy (non-hydrogen) atoms. The van der Waals surface area contributed by atoms with Crippen molar-refractivity contribution in [1.29, 1.82) is 0 Å². The quantitative estimate of drug-likeness (QED) is 0.323. The SMILES string of the molecule is CC(=O)SCCOP(=O)(OCCSC(C)=O)OC[C@@H]1CC[C@H](n2cnc3c(N)ncnc32)O1. The van der Waals surface area contributed by atoms with E-state index in [1.54, 1.807) is 10.9 Å². The molecule has 0 bridgehead atoms. The van der Waals surface area contributed by atoms with Crippen LogP contribution in [-0.2, 0) is 32.5 Å². The van der Waals surface area contributed by atoms with Gasteiger partial charge in [-0.05, 0) is 12.8 Å². The number of phosphoric ester groups is 1. The summed E-state index contributed by atoms with van der Waals surface area (Å²) in [6.45, 7) is 2.88. The number of carbonyl (C=O) groups excluding carboxylic acids is 2. The van der Waals surface area contributed by atoms with Crippen LogP contribution in [0, 0.1) is 0 Å². The number of carbonyl (C=O) groups is 2. The van der Waals surface area contributed by atoms with Crippen LogP contribution in [-0.4, -0.2) is 67.2 Å². The van der Waals surface area contributed by atoms with E-state index in [0.29, 0.717) is 35.5 Å². The summed E-state index contributed by atoms with van der Waals surface area (Å²) in [5.41, 5.74) is 6.90. The Morgan fingerprint density at radius 3 is 2.42 bits per heavy atom. The zero-order chi connectivity index (χ0) is 23.8. The van der Waals surface area contributed by atoms with E-state index in [1.165, 1.54) is 20.2 Å². The average molecular weight is 520 g/mol. The van der Waals surface area contributed by atoms with Crippen molar-refractivity contribution < 1.29 is 32.5 Å². The average Bonchev–Trinajstić information content (AvgIpc) is 3.40. The molecule has 3 heterocycles. The molecule has 3 rings (SSSR count). The summed E-state index contributed by atoms with van der Waals surface area (Å²) >= 11 is 2.10. The smallest absolute Gasteiger partial charge is 0.382 e. The van der Waals surface area contributed by atoms with E-state index in [4.69, 9.17) is 24.0 Å². The largest absolute Gasteiger partial charge is 0.474 e. The molecule has 182 valence electrons. The lowest BCUT2D eigenvalue weighted by Crippen LogP contribution is -2.17. The molecule has 15 heteroatoms. The lowest BCUT2D eigenvalue weighted by atomic mass is 10.2. The Morgan fingerprint density at radius 2 is 1.79 bits per heavy atom. The van der Waals surface area contributed by atoms with E-state index in [0.717, 1.165) is 23.5 Å². The first kappa shape index (κ1) is 26.1. The van der Waals surface area contributed by atoms with Gasteiger partial charge in [0, 0.05) is 25.4 Å². The van der Waals surface area contributed by atoms with E-state index in [9.17, 15) is 14.2 Å². The number of nitrogens with zero attached hydrogens (tertiary/aromatic N) is 4. The number of hydrogen-bond acceptors (Lipinski definition) is 13. The predicted molar refractivity (Wildman–Crippen MR) is 125 cm³/mol.